The van der Waals surface area contributed by atoms with Gasteiger partial charge in [0.15, 0.2) is 0 Å². The number of ether oxygens (including phenoxy) is 1. The summed E-state index contributed by atoms with van der Waals surface area (Å²) < 4.78 is 5.36. The van der Waals surface area contributed by atoms with E-state index >= 15 is 0 Å². The molecular weight excluding hydrogens is 204 g/mol. The van der Waals surface area contributed by atoms with Crippen molar-refractivity contribution in [2.24, 2.45) is 17.1 Å². The van der Waals surface area contributed by atoms with Crippen LogP contribution in [0.5, 0.6) is 0 Å². The molecule has 0 aliphatic heterocycles. The van der Waals surface area contributed by atoms with E-state index in [2.05, 4.69) is 19.2 Å². The zero-order valence-electron chi connectivity index (χ0n) is 11.2. The van der Waals surface area contributed by atoms with Gasteiger partial charge in [-0.05, 0) is 11.3 Å². The third-order valence-electron chi connectivity index (χ3n) is 2.21. The Bertz CT molecular complexity index is 210. The van der Waals surface area contributed by atoms with Gasteiger partial charge in [-0.15, -0.1) is 0 Å². The highest BCUT2D eigenvalue weighted by molar-refractivity contribution is 5.82. The van der Waals surface area contributed by atoms with Gasteiger partial charge < -0.3 is 15.8 Å². The first-order chi connectivity index (χ1) is 7.25. The minimum atomic E-state index is -0.474. The molecule has 0 spiro atoms. The van der Waals surface area contributed by atoms with Crippen LogP contribution in [0.3, 0.4) is 0 Å². The van der Waals surface area contributed by atoms with Crippen molar-refractivity contribution in [3.05, 3.63) is 0 Å². The molecule has 0 aromatic rings. The summed E-state index contributed by atoms with van der Waals surface area (Å²) in [6.07, 6.45) is 0. The van der Waals surface area contributed by atoms with Crippen LogP contribution in [-0.2, 0) is 9.53 Å². The van der Waals surface area contributed by atoms with Gasteiger partial charge in [0.05, 0.1) is 12.6 Å². The third kappa shape index (κ3) is 6.80. The summed E-state index contributed by atoms with van der Waals surface area (Å²) in [4.78, 5) is 11.6. The van der Waals surface area contributed by atoms with Crippen LogP contribution in [0.4, 0.5) is 0 Å². The van der Waals surface area contributed by atoms with E-state index in [1.54, 1.807) is 0 Å². The molecule has 0 saturated carbocycles. The first-order valence-electron chi connectivity index (χ1n) is 5.86. The quantitative estimate of drug-likeness (QED) is 0.673. The normalized spacial score (nSPS) is 13.9. The van der Waals surface area contributed by atoms with Crippen molar-refractivity contribution in [3.8, 4) is 0 Å². The van der Waals surface area contributed by atoms with Gasteiger partial charge in [0.25, 0.3) is 0 Å². The molecule has 1 amide bonds. The Morgan fingerprint density at radius 1 is 1.38 bits per heavy atom. The Kier molecular flexibility index (Phi) is 6.60. The second kappa shape index (κ2) is 6.86. The number of hydrogen-bond donors (Lipinski definition) is 2. The van der Waals surface area contributed by atoms with E-state index < -0.39 is 6.04 Å². The molecule has 0 aromatic carbocycles. The molecular formula is C12H26N2O2. The second-order valence-electron chi connectivity index (χ2n) is 5.60. The SMILES string of the molecule is CC(C)COCCNC(=O)[C@@H](N)C(C)(C)C. The molecule has 0 aliphatic carbocycles. The fraction of sp³-hybridized carbons (Fsp3) is 0.917. The summed E-state index contributed by atoms with van der Waals surface area (Å²) in [5, 5.41) is 2.77. The van der Waals surface area contributed by atoms with Gasteiger partial charge in [0.2, 0.25) is 5.91 Å². The molecule has 0 fully saturated rings. The van der Waals surface area contributed by atoms with Crippen LogP contribution >= 0.6 is 0 Å². The molecule has 0 aromatic heterocycles. The number of rotatable bonds is 6. The molecule has 0 aliphatic rings. The molecule has 16 heavy (non-hydrogen) atoms. The molecule has 0 unspecified atom stereocenters. The van der Waals surface area contributed by atoms with Crippen molar-refractivity contribution in [1.29, 1.82) is 0 Å². The van der Waals surface area contributed by atoms with Crippen LogP contribution in [0, 0.1) is 11.3 Å². The summed E-state index contributed by atoms with van der Waals surface area (Å²) in [7, 11) is 0. The summed E-state index contributed by atoms with van der Waals surface area (Å²) in [5.74, 6) is 0.410. The van der Waals surface area contributed by atoms with Crippen LogP contribution in [0.15, 0.2) is 0 Å². The Balaban J connectivity index is 3.66. The van der Waals surface area contributed by atoms with E-state index in [-0.39, 0.29) is 11.3 Å². The summed E-state index contributed by atoms with van der Waals surface area (Å²) in [5.41, 5.74) is 5.60. The minimum Gasteiger partial charge on any atom is -0.379 e. The first-order valence-corrected chi connectivity index (χ1v) is 5.86. The third-order valence-corrected chi connectivity index (χ3v) is 2.21. The summed E-state index contributed by atoms with van der Waals surface area (Å²) >= 11 is 0. The van der Waals surface area contributed by atoms with Crippen molar-refractivity contribution in [3.63, 3.8) is 0 Å². The van der Waals surface area contributed by atoms with E-state index in [1.165, 1.54) is 0 Å². The predicted molar refractivity (Wildman–Crippen MR) is 66.1 cm³/mol. The molecule has 0 radical (unpaired) electrons. The lowest BCUT2D eigenvalue weighted by Crippen LogP contribution is -2.49. The average Bonchev–Trinajstić information content (AvgIpc) is 2.13. The Morgan fingerprint density at radius 3 is 2.38 bits per heavy atom. The molecule has 0 bridgehead atoms. The highest BCUT2D eigenvalue weighted by Gasteiger charge is 2.26. The molecule has 1 atom stereocenters. The highest BCUT2D eigenvalue weighted by atomic mass is 16.5. The molecule has 3 N–H and O–H groups in total. The molecule has 96 valence electrons. The van der Waals surface area contributed by atoms with E-state index in [0.29, 0.717) is 19.1 Å². The molecule has 0 saturated heterocycles. The van der Waals surface area contributed by atoms with Crippen molar-refractivity contribution in [2.45, 2.75) is 40.7 Å². The largest absolute Gasteiger partial charge is 0.379 e. The van der Waals surface area contributed by atoms with Crippen LogP contribution in [0.1, 0.15) is 34.6 Å². The van der Waals surface area contributed by atoms with E-state index in [0.717, 1.165) is 6.61 Å². The van der Waals surface area contributed by atoms with Gasteiger partial charge in [-0.1, -0.05) is 34.6 Å². The molecule has 0 heterocycles. The fourth-order valence-electron chi connectivity index (χ4n) is 1.07. The van der Waals surface area contributed by atoms with Gasteiger partial charge in [0.1, 0.15) is 0 Å². The number of nitrogens with two attached hydrogens (primary N) is 1. The Hall–Kier alpha value is -0.610. The van der Waals surface area contributed by atoms with Gasteiger partial charge in [-0.25, -0.2) is 0 Å². The Morgan fingerprint density at radius 2 is 1.94 bits per heavy atom. The Labute approximate surface area is 98.9 Å². The second-order valence-corrected chi connectivity index (χ2v) is 5.60. The van der Waals surface area contributed by atoms with Crippen LogP contribution < -0.4 is 11.1 Å². The molecule has 4 heteroatoms. The number of carbonyl (C=O) groups is 1. The van der Waals surface area contributed by atoms with Crippen LogP contribution in [-0.4, -0.2) is 31.7 Å². The van der Waals surface area contributed by atoms with E-state index in [9.17, 15) is 4.79 Å². The maximum absolute atomic E-state index is 11.6. The summed E-state index contributed by atoms with van der Waals surface area (Å²) in [6.45, 7) is 11.8. The smallest absolute Gasteiger partial charge is 0.237 e. The van der Waals surface area contributed by atoms with E-state index in [1.807, 2.05) is 20.8 Å². The van der Waals surface area contributed by atoms with Gasteiger partial charge >= 0.3 is 0 Å². The standard InChI is InChI=1S/C12H26N2O2/c1-9(2)8-16-7-6-14-11(15)10(13)12(3,4)5/h9-10H,6-8,13H2,1-5H3,(H,14,15)/t10-/m1/s1. The molecule has 4 nitrogen and oxygen atoms in total. The van der Waals surface area contributed by atoms with Crippen molar-refractivity contribution >= 4 is 5.91 Å². The lowest BCUT2D eigenvalue weighted by atomic mass is 9.87. The van der Waals surface area contributed by atoms with Crippen LogP contribution in [0.25, 0.3) is 0 Å². The van der Waals surface area contributed by atoms with Gasteiger partial charge in [0, 0.05) is 13.2 Å². The lowest BCUT2D eigenvalue weighted by Gasteiger charge is -2.25. The zero-order valence-corrected chi connectivity index (χ0v) is 11.2. The average molecular weight is 230 g/mol. The maximum atomic E-state index is 11.6. The fourth-order valence-corrected chi connectivity index (χ4v) is 1.07. The highest BCUT2D eigenvalue weighted by Crippen LogP contribution is 2.16. The van der Waals surface area contributed by atoms with Crippen molar-refractivity contribution in [2.75, 3.05) is 19.8 Å². The first kappa shape index (κ1) is 15.4. The number of carbonyl (C=O) groups excluding carboxylic acids is 1. The van der Waals surface area contributed by atoms with Crippen LogP contribution in [0.2, 0.25) is 0 Å². The topological polar surface area (TPSA) is 64.3 Å². The van der Waals surface area contributed by atoms with Crippen molar-refractivity contribution < 1.29 is 9.53 Å². The number of amides is 1. The van der Waals surface area contributed by atoms with Gasteiger partial charge in [-0.3, -0.25) is 4.79 Å². The zero-order chi connectivity index (χ0) is 12.8. The van der Waals surface area contributed by atoms with E-state index in [4.69, 9.17) is 10.5 Å². The van der Waals surface area contributed by atoms with Gasteiger partial charge in [-0.2, -0.15) is 0 Å². The monoisotopic (exact) mass is 230 g/mol. The number of hydrogen-bond acceptors (Lipinski definition) is 3. The maximum Gasteiger partial charge on any atom is 0.237 e. The lowest BCUT2D eigenvalue weighted by molar-refractivity contribution is -0.124. The minimum absolute atomic E-state index is 0.111. The molecule has 0 rings (SSSR count). The summed E-state index contributed by atoms with van der Waals surface area (Å²) in [6, 6.07) is -0.474. The number of nitrogens with one attached hydrogen (secondary N) is 1. The van der Waals surface area contributed by atoms with Crippen molar-refractivity contribution in [1.82, 2.24) is 5.32 Å². The predicted octanol–water partition coefficient (Wildman–Crippen LogP) is 1.15.